The molecule has 0 fully saturated rings. The summed E-state index contributed by atoms with van der Waals surface area (Å²) in [5.41, 5.74) is 3.25. The van der Waals surface area contributed by atoms with Crippen molar-refractivity contribution in [2.75, 3.05) is 4.90 Å². The Kier molecular flexibility index (Phi) is 7.09. The molecule has 5 aromatic rings. The van der Waals surface area contributed by atoms with Crippen molar-refractivity contribution >= 4 is 39.1 Å². The summed E-state index contributed by atoms with van der Waals surface area (Å²) >= 11 is 0. The largest absolute Gasteiger partial charge is 0.506 e. The molecule has 0 spiro atoms. The number of hydrogen-bond donors (Lipinski definition) is 2. The second-order valence-electron chi connectivity index (χ2n) is 8.14. The molecular weight excluding hydrogens is 476 g/mol. The van der Waals surface area contributed by atoms with Crippen LogP contribution in [0.1, 0.15) is 25.3 Å². The minimum absolute atomic E-state index is 0. The number of aromatic nitrogens is 2. The van der Waals surface area contributed by atoms with Crippen LogP contribution in [0.3, 0.4) is 0 Å². The first-order chi connectivity index (χ1) is 16.1. The Morgan fingerprint density at radius 2 is 1.21 bits per heavy atom. The number of benzene rings is 3. The molecule has 0 atom stereocenters. The number of phenolic OH excluding ortho intramolecular Hbond substituents is 2. The van der Waals surface area contributed by atoms with Gasteiger partial charge in [0.1, 0.15) is 34.2 Å². The zero-order valence-electron chi connectivity index (χ0n) is 19.1. The standard InChI is InChI=1S/C28H25N3O2.Zn/c1-2-3-6-19-11-15-22(16-12-19)31(25-17-13-20-7-4-9-23(32)27(20)29-25)26-18-14-21-8-5-10-24(33)28(21)30-26;/h4-5,7-18,32-33H,2-3,6H2,1H3;. The van der Waals surface area contributed by atoms with Crippen LogP contribution in [0.2, 0.25) is 0 Å². The van der Waals surface area contributed by atoms with E-state index >= 15 is 0 Å². The van der Waals surface area contributed by atoms with Gasteiger partial charge in [0.15, 0.2) is 0 Å². The van der Waals surface area contributed by atoms with E-state index in [1.807, 2.05) is 41.3 Å². The zero-order valence-corrected chi connectivity index (χ0v) is 22.1. The molecule has 2 N–H and O–H groups in total. The van der Waals surface area contributed by atoms with E-state index in [9.17, 15) is 10.2 Å². The molecule has 0 saturated heterocycles. The summed E-state index contributed by atoms with van der Waals surface area (Å²) in [7, 11) is 0. The van der Waals surface area contributed by atoms with E-state index in [-0.39, 0.29) is 31.0 Å². The smallest absolute Gasteiger partial charge is 0.141 e. The number of fused-ring (bicyclic) bond motifs is 2. The maximum atomic E-state index is 10.4. The third-order valence-electron chi connectivity index (χ3n) is 5.84. The van der Waals surface area contributed by atoms with Crippen molar-refractivity contribution in [3.8, 4) is 11.5 Å². The molecule has 34 heavy (non-hydrogen) atoms. The third kappa shape index (κ3) is 4.59. The molecule has 0 aliphatic heterocycles. The number of nitrogens with zero attached hydrogens (tertiary/aromatic N) is 3. The van der Waals surface area contributed by atoms with Gasteiger partial charge in [-0.2, -0.15) is 0 Å². The summed E-state index contributed by atoms with van der Waals surface area (Å²) in [5, 5.41) is 22.5. The Balaban J connectivity index is 0.00000274. The van der Waals surface area contributed by atoms with Gasteiger partial charge < -0.3 is 10.2 Å². The summed E-state index contributed by atoms with van der Waals surface area (Å²) in [6, 6.07) is 26.9. The summed E-state index contributed by atoms with van der Waals surface area (Å²) < 4.78 is 0. The van der Waals surface area contributed by atoms with Gasteiger partial charge in [-0.05, 0) is 66.9 Å². The SMILES string of the molecule is CCCCc1ccc(N(c2ccc3cccc(O)c3n2)c2ccc3cccc(O)c3n2)cc1.[Zn]. The fourth-order valence-corrected chi connectivity index (χ4v) is 4.07. The number of hydrogen-bond acceptors (Lipinski definition) is 5. The molecule has 0 radical (unpaired) electrons. The quantitative estimate of drug-likeness (QED) is 0.245. The average Bonchev–Trinajstić information content (AvgIpc) is 2.85. The minimum atomic E-state index is 0. The second kappa shape index (κ2) is 10.2. The summed E-state index contributed by atoms with van der Waals surface area (Å²) in [6.07, 6.45) is 3.35. The van der Waals surface area contributed by atoms with Crippen molar-refractivity contribution in [2.24, 2.45) is 0 Å². The van der Waals surface area contributed by atoms with Gasteiger partial charge in [0.05, 0.1) is 0 Å². The van der Waals surface area contributed by atoms with Crippen molar-refractivity contribution in [1.29, 1.82) is 0 Å². The van der Waals surface area contributed by atoms with E-state index in [0.717, 1.165) is 35.7 Å². The number of rotatable bonds is 6. The van der Waals surface area contributed by atoms with Gasteiger partial charge in [0, 0.05) is 35.9 Å². The van der Waals surface area contributed by atoms with E-state index in [0.29, 0.717) is 22.7 Å². The molecule has 0 aliphatic rings. The number of aromatic hydroxyl groups is 2. The molecule has 5 nitrogen and oxygen atoms in total. The van der Waals surface area contributed by atoms with Crippen LogP contribution < -0.4 is 4.90 Å². The zero-order chi connectivity index (χ0) is 22.8. The van der Waals surface area contributed by atoms with Crippen LogP contribution in [0.4, 0.5) is 17.3 Å². The Labute approximate surface area is 211 Å². The van der Waals surface area contributed by atoms with Crippen molar-refractivity contribution in [3.05, 3.63) is 90.5 Å². The van der Waals surface area contributed by atoms with E-state index in [1.54, 1.807) is 24.3 Å². The maximum Gasteiger partial charge on any atom is 0.141 e. The van der Waals surface area contributed by atoms with Crippen molar-refractivity contribution in [2.45, 2.75) is 26.2 Å². The summed E-state index contributed by atoms with van der Waals surface area (Å²) in [4.78, 5) is 11.5. The van der Waals surface area contributed by atoms with Crippen LogP contribution >= 0.6 is 0 Å². The molecule has 6 heteroatoms. The van der Waals surface area contributed by atoms with Crippen LogP contribution in [-0.2, 0) is 25.9 Å². The van der Waals surface area contributed by atoms with Crippen LogP contribution in [0.25, 0.3) is 21.8 Å². The first kappa shape index (κ1) is 23.7. The predicted molar refractivity (Wildman–Crippen MR) is 134 cm³/mol. The van der Waals surface area contributed by atoms with E-state index in [4.69, 9.17) is 9.97 Å². The fourth-order valence-electron chi connectivity index (χ4n) is 4.07. The molecule has 0 amide bonds. The maximum absolute atomic E-state index is 10.4. The van der Waals surface area contributed by atoms with Crippen LogP contribution in [0.15, 0.2) is 84.9 Å². The van der Waals surface area contributed by atoms with Gasteiger partial charge in [-0.25, -0.2) is 9.97 Å². The van der Waals surface area contributed by atoms with E-state index in [2.05, 4.69) is 31.2 Å². The molecule has 2 aromatic heterocycles. The topological polar surface area (TPSA) is 69.5 Å². The molecule has 166 valence electrons. The first-order valence-corrected chi connectivity index (χ1v) is 11.2. The third-order valence-corrected chi connectivity index (χ3v) is 5.84. The molecule has 0 saturated carbocycles. The normalized spacial score (nSPS) is 10.9. The Morgan fingerprint density at radius 3 is 1.71 bits per heavy atom. The Hall–Kier alpha value is -3.50. The van der Waals surface area contributed by atoms with Crippen molar-refractivity contribution in [3.63, 3.8) is 0 Å². The second-order valence-corrected chi connectivity index (χ2v) is 8.14. The van der Waals surface area contributed by atoms with Crippen molar-refractivity contribution in [1.82, 2.24) is 9.97 Å². The van der Waals surface area contributed by atoms with Crippen LogP contribution in [0, 0.1) is 0 Å². The number of pyridine rings is 2. The molecule has 2 heterocycles. The van der Waals surface area contributed by atoms with Gasteiger partial charge in [-0.1, -0.05) is 49.7 Å². The first-order valence-electron chi connectivity index (χ1n) is 11.2. The molecule has 3 aromatic carbocycles. The minimum Gasteiger partial charge on any atom is -0.506 e. The molecule has 0 aliphatic carbocycles. The van der Waals surface area contributed by atoms with Gasteiger partial charge in [-0.15, -0.1) is 0 Å². The number of unbranched alkanes of at least 4 members (excludes halogenated alkanes) is 1. The van der Waals surface area contributed by atoms with Crippen LogP contribution in [0.5, 0.6) is 11.5 Å². The Bertz CT molecular complexity index is 1350. The summed E-state index contributed by atoms with van der Waals surface area (Å²) in [5.74, 6) is 1.53. The number of aryl methyl sites for hydroxylation is 1. The van der Waals surface area contributed by atoms with Gasteiger partial charge in [0.2, 0.25) is 0 Å². The average molecular weight is 501 g/mol. The van der Waals surface area contributed by atoms with Gasteiger partial charge in [-0.3, -0.25) is 4.90 Å². The molecule has 0 unspecified atom stereocenters. The van der Waals surface area contributed by atoms with Crippen molar-refractivity contribution < 1.29 is 29.7 Å². The van der Waals surface area contributed by atoms with Crippen LogP contribution in [-0.4, -0.2) is 20.2 Å². The number of anilines is 3. The van der Waals surface area contributed by atoms with Gasteiger partial charge in [0.25, 0.3) is 0 Å². The molecular formula is C28H25N3O2Zn. The Morgan fingerprint density at radius 1 is 0.676 bits per heavy atom. The fraction of sp³-hybridized carbons (Fsp3) is 0.143. The van der Waals surface area contributed by atoms with E-state index < -0.39 is 0 Å². The van der Waals surface area contributed by atoms with E-state index in [1.165, 1.54) is 5.56 Å². The molecule has 0 bridgehead atoms. The monoisotopic (exact) mass is 499 g/mol. The summed E-state index contributed by atoms with van der Waals surface area (Å²) in [6.45, 7) is 2.19. The number of para-hydroxylation sites is 2. The number of phenols is 2. The molecule has 5 rings (SSSR count). The van der Waals surface area contributed by atoms with Gasteiger partial charge >= 0.3 is 0 Å². The predicted octanol–water partition coefficient (Wildman–Crippen LogP) is 7.00.